The first-order valence-electron chi connectivity index (χ1n) is 5.80. The van der Waals surface area contributed by atoms with E-state index < -0.39 is 13.4 Å². The third-order valence-corrected chi connectivity index (χ3v) is 3.83. The van der Waals surface area contributed by atoms with Gasteiger partial charge >= 0.3 is 7.60 Å². The van der Waals surface area contributed by atoms with E-state index in [1.54, 1.807) is 18.3 Å². The monoisotopic (exact) mass is 278 g/mol. The predicted molar refractivity (Wildman–Crippen MR) is 72.3 cm³/mol. The van der Waals surface area contributed by atoms with Gasteiger partial charge in [0.2, 0.25) is 0 Å². The average molecular weight is 278 g/mol. The molecule has 1 atom stereocenters. The van der Waals surface area contributed by atoms with Gasteiger partial charge in [-0.25, -0.2) is 0 Å². The maximum atomic E-state index is 11.6. The first-order chi connectivity index (χ1) is 9.07. The fourth-order valence-electron chi connectivity index (χ4n) is 1.78. The molecule has 0 aliphatic rings. The van der Waals surface area contributed by atoms with Crippen LogP contribution in [-0.2, 0) is 11.1 Å². The fourth-order valence-corrected chi connectivity index (χ4v) is 2.65. The van der Waals surface area contributed by atoms with E-state index in [0.717, 1.165) is 5.56 Å². The van der Waals surface area contributed by atoms with Crippen LogP contribution < -0.4 is 5.32 Å². The highest BCUT2D eigenvalue weighted by molar-refractivity contribution is 7.52. The zero-order chi connectivity index (χ0) is 13.7. The number of benzene rings is 1. The molecule has 1 aromatic heterocycles. The molecule has 1 unspecified atom stereocenters. The molecule has 2 aromatic rings. The van der Waals surface area contributed by atoms with Gasteiger partial charge in [0.15, 0.2) is 0 Å². The van der Waals surface area contributed by atoms with Crippen LogP contribution in [0.25, 0.3) is 0 Å². The molecule has 6 heteroatoms. The van der Waals surface area contributed by atoms with Crippen LogP contribution in [0.4, 0.5) is 0 Å². The second-order valence-corrected chi connectivity index (χ2v) is 5.84. The highest BCUT2D eigenvalue weighted by atomic mass is 31.2. The van der Waals surface area contributed by atoms with E-state index in [9.17, 15) is 14.4 Å². The van der Waals surface area contributed by atoms with Crippen LogP contribution >= 0.6 is 7.60 Å². The predicted octanol–water partition coefficient (Wildman–Crippen LogP) is 2.05. The molecule has 5 nitrogen and oxygen atoms in total. The molecule has 2 rings (SSSR count). The molecule has 19 heavy (non-hydrogen) atoms. The summed E-state index contributed by atoms with van der Waals surface area (Å²) in [5, 5.41) is 2.89. The molecular formula is C13H15N2O3P. The Kier molecular flexibility index (Phi) is 4.45. The standard InChI is InChI=1S/C13H15N2O3P/c16-19(17,18)13(12-7-4-8-14-10-12)15-9-11-5-2-1-3-6-11/h1-8,10,13,15H,9H2,(H2,16,17,18). The summed E-state index contributed by atoms with van der Waals surface area (Å²) in [5.74, 6) is -1.04. The van der Waals surface area contributed by atoms with Crippen LogP contribution in [0, 0.1) is 0 Å². The van der Waals surface area contributed by atoms with Crippen molar-refractivity contribution in [1.29, 1.82) is 0 Å². The molecule has 0 spiro atoms. The van der Waals surface area contributed by atoms with Crippen LogP contribution in [0.2, 0.25) is 0 Å². The first-order valence-corrected chi connectivity index (χ1v) is 7.48. The van der Waals surface area contributed by atoms with Crippen molar-refractivity contribution in [3.8, 4) is 0 Å². The second kappa shape index (κ2) is 6.08. The molecular weight excluding hydrogens is 263 g/mol. The molecule has 0 saturated heterocycles. The summed E-state index contributed by atoms with van der Waals surface area (Å²) in [5.41, 5.74) is 1.44. The lowest BCUT2D eigenvalue weighted by Crippen LogP contribution is -2.21. The van der Waals surface area contributed by atoms with Gasteiger partial charge in [0.25, 0.3) is 0 Å². The maximum Gasteiger partial charge on any atom is 0.346 e. The van der Waals surface area contributed by atoms with E-state index in [4.69, 9.17) is 0 Å². The molecule has 0 aliphatic carbocycles. The lowest BCUT2D eigenvalue weighted by atomic mass is 10.2. The van der Waals surface area contributed by atoms with Gasteiger partial charge in [-0.2, -0.15) is 0 Å². The second-order valence-electron chi connectivity index (χ2n) is 4.14. The molecule has 0 aliphatic heterocycles. The molecule has 0 fully saturated rings. The van der Waals surface area contributed by atoms with Gasteiger partial charge in [0.1, 0.15) is 5.78 Å². The zero-order valence-corrected chi connectivity index (χ0v) is 11.1. The van der Waals surface area contributed by atoms with Crippen LogP contribution in [0.1, 0.15) is 16.9 Å². The number of hydrogen-bond acceptors (Lipinski definition) is 3. The van der Waals surface area contributed by atoms with Crippen LogP contribution in [-0.4, -0.2) is 14.8 Å². The molecule has 0 saturated carbocycles. The summed E-state index contributed by atoms with van der Waals surface area (Å²) < 4.78 is 11.6. The lowest BCUT2D eigenvalue weighted by Gasteiger charge is -2.20. The van der Waals surface area contributed by atoms with E-state index in [2.05, 4.69) is 10.3 Å². The number of aromatic nitrogens is 1. The Hall–Kier alpha value is -1.52. The third kappa shape index (κ3) is 3.98. The Balaban J connectivity index is 2.14. The Morgan fingerprint density at radius 3 is 2.47 bits per heavy atom. The van der Waals surface area contributed by atoms with E-state index >= 15 is 0 Å². The number of rotatable bonds is 5. The Morgan fingerprint density at radius 2 is 1.89 bits per heavy atom. The van der Waals surface area contributed by atoms with E-state index in [1.807, 2.05) is 30.3 Å². The largest absolute Gasteiger partial charge is 0.346 e. The summed E-state index contributed by atoms with van der Waals surface area (Å²) in [6.07, 6.45) is 3.03. The van der Waals surface area contributed by atoms with Gasteiger partial charge in [-0.3, -0.25) is 14.9 Å². The van der Waals surface area contributed by atoms with Crippen LogP contribution in [0.5, 0.6) is 0 Å². The quantitative estimate of drug-likeness (QED) is 0.729. The Labute approximate surface area is 111 Å². The minimum absolute atomic E-state index is 0.380. The lowest BCUT2D eigenvalue weighted by molar-refractivity contribution is 0.347. The van der Waals surface area contributed by atoms with Crippen molar-refractivity contribution in [2.75, 3.05) is 0 Å². The molecule has 0 bridgehead atoms. The van der Waals surface area contributed by atoms with Crippen molar-refractivity contribution >= 4 is 7.60 Å². The Morgan fingerprint density at radius 1 is 1.16 bits per heavy atom. The maximum absolute atomic E-state index is 11.6. The van der Waals surface area contributed by atoms with Crippen molar-refractivity contribution in [3.63, 3.8) is 0 Å². The summed E-state index contributed by atoms with van der Waals surface area (Å²) in [4.78, 5) is 22.8. The molecule has 0 radical (unpaired) electrons. The van der Waals surface area contributed by atoms with Gasteiger partial charge < -0.3 is 9.79 Å². The SMILES string of the molecule is O=P(O)(O)C(NCc1ccccc1)c1cccnc1. The van der Waals surface area contributed by atoms with Gasteiger partial charge in [0, 0.05) is 18.9 Å². The number of pyridine rings is 1. The van der Waals surface area contributed by atoms with E-state index in [1.165, 1.54) is 6.20 Å². The molecule has 100 valence electrons. The number of nitrogens with zero attached hydrogens (tertiary/aromatic N) is 1. The molecule has 0 amide bonds. The molecule has 1 heterocycles. The van der Waals surface area contributed by atoms with Gasteiger partial charge in [-0.15, -0.1) is 0 Å². The van der Waals surface area contributed by atoms with Crippen molar-refractivity contribution in [1.82, 2.24) is 10.3 Å². The smallest absolute Gasteiger partial charge is 0.323 e. The van der Waals surface area contributed by atoms with Crippen molar-refractivity contribution in [3.05, 3.63) is 66.0 Å². The minimum atomic E-state index is -4.29. The van der Waals surface area contributed by atoms with Gasteiger partial charge in [-0.05, 0) is 17.2 Å². The summed E-state index contributed by atoms with van der Waals surface area (Å²) in [6.45, 7) is 0.380. The zero-order valence-electron chi connectivity index (χ0n) is 10.2. The average Bonchev–Trinajstić information content (AvgIpc) is 2.40. The topological polar surface area (TPSA) is 82.5 Å². The fraction of sp³-hybridized carbons (Fsp3) is 0.154. The van der Waals surface area contributed by atoms with Crippen LogP contribution in [0.3, 0.4) is 0 Å². The summed E-state index contributed by atoms with van der Waals surface area (Å²) in [7, 11) is -4.29. The van der Waals surface area contributed by atoms with Gasteiger partial charge in [-0.1, -0.05) is 36.4 Å². The third-order valence-electron chi connectivity index (χ3n) is 2.68. The molecule has 1 aromatic carbocycles. The molecule has 3 N–H and O–H groups in total. The van der Waals surface area contributed by atoms with Crippen molar-refractivity contribution in [2.24, 2.45) is 0 Å². The first kappa shape index (κ1) is 13.9. The van der Waals surface area contributed by atoms with Crippen molar-refractivity contribution < 1.29 is 14.4 Å². The Bertz CT molecular complexity index is 557. The number of hydrogen-bond donors (Lipinski definition) is 3. The normalized spacial score (nSPS) is 13.2. The van der Waals surface area contributed by atoms with Gasteiger partial charge in [0.05, 0.1) is 0 Å². The van der Waals surface area contributed by atoms with Crippen molar-refractivity contribution in [2.45, 2.75) is 12.3 Å². The number of nitrogens with one attached hydrogen (secondary N) is 1. The summed E-state index contributed by atoms with van der Waals surface area (Å²) in [6, 6.07) is 12.8. The van der Waals surface area contributed by atoms with E-state index in [0.29, 0.717) is 12.1 Å². The summed E-state index contributed by atoms with van der Waals surface area (Å²) >= 11 is 0. The highest BCUT2D eigenvalue weighted by Gasteiger charge is 2.29. The van der Waals surface area contributed by atoms with Crippen LogP contribution in [0.15, 0.2) is 54.9 Å². The van der Waals surface area contributed by atoms with E-state index in [-0.39, 0.29) is 0 Å². The minimum Gasteiger partial charge on any atom is -0.323 e. The highest BCUT2D eigenvalue weighted by Crippen LogP contribution is 2.49.